The summed E-state index contributed by atoms with van der Waals surface area (Å²) in [5.41, 5.74) is 0.449. The summed E-state index contributed by atoms with van der Waals surface area (Å²) in [6.45, 7) is 5.62. The summed E-state index contributed by atoms with van der Waals surface area (Å²) in [4.78, 5) is 43.9. The highest BCUT2D eigenvalue weighted by molar-refractivity contribution is 14.1. The van der Waals surface area contributed by atoms with Gasteiger partial charge in [0.15, 0.2) is 0 Å². The van der Waals surface area contributed by atoms with E-state index in [0.29, 0.717) is 37.3 Å². The van der Waals surface area contributed by atoms with Gasteiger partial charge >= 0.3 is 0 Å². The number of hydrogen-bond donors (Lipinski definition) is 3. The number of benzene rings is 3. The average Bonchev–Trinajstić information content (AvgIpc) is 3.58. The van der Waals surface area contributed by atoms with Crippen molar-refractivity contribution in [1.29, 1.82) is 0 Å². The standard InChI is InChI=1S/C38H47IN4O4/c39-33-11-10-30-23-32(9-8-31(30)24-33)35(44)42-38(16-4-5-17-38)37(46)41-34(22-27-6-2-1-3-7-27)36(45)40-25-28-12-18-43(19-13-28)26-29-14-20-47-21-15-29/h1-3,6-11,23-24,28-29,34H,4-5,12-22,25-26H2,(H,40,45)(H,41,46)(H,42,44)/t34-/m1/s1. The van der Waals surface area contributed by atoms with Crippen molar-refractivity contribution in [2.45, 2.75) is 69.4 Å². The highest BCUT2D eigenvalue weighted by atomic mass is 127. The van der Waals surface area contributed by atoms with Crippen LogP contribution in [0.3, 0.4) is 0 Å². The van der Waals surface area contributed by atoms with Gasteiger partial charge < -0.3 is 25.6 Å². The first-order valence-corrected chi connectivity index (χ1v) is 18.4. The molecule has 3 N–H and O–H groups in total. The smallest absolute Gasteiger partial charge is 0.252 e. The maximum atomic E-state index is 14.1. The van der Waals surface area contributed by atoms with E-state index in [0.717, 1.165) is 97.2 Å². The Hall–Kier alpha value is -3.02. The molecule has 8 nitrogen and oxygen atoms in total. The zero-order valence-corrected chi connectivity index (χ0v) is 29.3. The molecular weight excluding hydrogens is 703 g/mol. The number of carbonyl (C=O) groups is 3. The molecule has 250 valence electrons. The third-order valence-electron chi connectivity index (χ3n) is 10.3. The summed E-state index contributed by atoms with van der Waals surface area (Å²) < 4.78 is 6.66. The Balaban J connectivity index is 1.08. The minimum Gasteiger partial charge on any atom is -0.381 e. The number of ether oxygens (including phenoxy) is 1. The molecule has 3 aromatic carbocycles. The molecule has 3 fully saturated rings. The van der Waals surface area contributed by atoms with Crippen molar-refractivity contribution in [3.63, 3.8) is 0 Å². The molecule has 47 heavy (non-hydrogen) atoms. The van der Waals surface area contributed by atoms with Crippen LogP contribution in [0, 0.1) is 15.4 Å². The lowest BCUT2D eigenvalue weighted by atomic mass is 9.93. The number of nitrogens with zero attached hydrogens (tertiary/aromatic N) is 1. The molecule has 6 rings (SSSR count). The Morgan fingerprint density at radius 1 is 0.872 bits per heavy atom. The number of rotatable bonds is 11. The Morgan fingerprint density at radius 2 is 1.57 bits per heavy atom. The first kappa shape index (κ1) is 33.9. The molecule has 3 aromatic rings. The van der Waals surface area contributed by atoms with Crippen LogP contribution in [-0.4, -0.2) is 73.6 Å². The van der Waals surface area contributed by atoms with Gasteiger partial charge in [0.25, 0.3) is 5.91 Å². The van der Waals surface area contributed by atoms with Gasteiger partial charge in [0.05, 0.1) is 0 Å². The molecule has 3 amide bonds. The Bertz CT molecular complexity index is 1530. The van der Waals surface area contributed by atoms with E-state index in [1.807, 2.05) is 60.7 Å². The Labute approximate surface area is 291 Å². The van der Waals surface area contributed by atoms with Crippen molar-refractivity contribution in [3.05, 3.63) is 81.4 Å². The molecule has 2 aliphatic heterocycles. The number of likely N-dealkylation sites (tertiary alicyclic amines) is 1. The quantitative estimate of drug-likeness (QED) is 0.226. The number of nitrogens with one attached hydrogen (secondary N) is 3. The number of fused-ring (bicyclic) bond motifs is 1. The van der Waals surface area contributed by atoms with Crippen molar-refractivity contribution in [1.82, 2.24) is 20.9 Å². The third kappa shape index (κ3) is 8.91. The van der Waals surface area contributed by atoms with Gasteiger partial charge in [-0.25, -0.2) is 0 Å². The fraction of sp³-hybridized carbons (Fsp3) is 0.500. The molecule has 9 heteroatoms. The van der Waals surface area contributed by atoms with Crippen LogP contribution in [0.25, 0.3) is 10.8 Å². The number of halogens is 1. The number of carbonyl (C=O) groups excluding carboxylic acids is 3. The minimum atomic E-state index is -1.05. The summed E-state index contributed by atoms with van der Waals surface area (Å²) in [5.74, 6) is 0.428. The second-order valence-electron chi connectivity index (χ2n) is 13.7. The topological polar surface area (TPSA) is 99.8 Å². The average molecular weight is 751 g/mol. The van der Waals surface area contributed by atoms with Gasteiger partial charge in [-0.15, -0.1) is 0 Å². The second-order valence-corrected chi connectivity index (χ2v) is 15.0. The van der Waals surface area contributed by atoms with Gasteiger partial charge in [-0.3, -0.25) is 14.4 Å². The lowest BCUT2D eigenvalue weighted by Crippen LogP contribution is -2.61. The lowest BCUT2D eigenvalue weighted by molar-refractivity contribution is -0.132. The van der Waals surface area contributed by atoms with Crippen LogP contribution in [0.15, 0.2) is 66.7 Å². The highest BCUT2D eigenvalue weighted by Gasteiger charge is 2.44. The van der Waals surface area contributed by atoms with Crippen molar-refractivity contribution in [2.75, 3.05) is 39.4 Å². The van der Waals surface area contributed by atoms with Crippen LogP contribution in [0.1, 0.15) is 67.3 Å². The van der Waals surface area contributed by atoms with E-state index in [1.165, 1.54) is 0 Å². The molecule has 0 spiro atoms. The van der Waals surface area contributed by atoms with Crippen LogP contribution in [0.5, 0.6) is 0 Å². The van der Waals surface area contributed by atoms with Crippen LogP contribution < -0.4 is 16.0 Å². The van der Waals surface area contributed by atoms with Crippen molar-refractivity contribution >= 4 is 51.1 Å². The molecule has 0 bridgehead atoms. The zero-order chi connectivity index (χ0) is 32.6. The SMILES string of the molecule is O=C(NC1(C(=O)N[C@H](Cc2ccccc2)C(=O)NCC2CCN(CC3CCOCC3)CC2)CCCC1)c1ccc2cc(I)ccc2c1. The fourth-order valence-electron chi connectivity index (χ4n) is 7.43. The van der Waals surface area contributed by atoms with Crippen LogP contribution in [0.4, 0.5) is 0 Å². The Morgan fingerprint density at radius 3 is 2.32 bits per heavy atom. The maximum absolute atomic E-state index is 14.1. The summed E-state index contributed by atoms with van der Waals surface area (Å²) in [5, 5.41) is 11.4. The lowest BCUT2D eigenvalue weighted by Gasteiger charge is -2.35. The van der Waals surface area contributed by atoms with Crippen LogP contribution in [-0.2, 0) is 20.7 Å². The summed E-state index contributed by atoms with van der Waals surface area (Å²) in [6.07, 6.45) is 7.57. The van der Waals surface area contributed by atoms with Crippen LogP contribution in [0.2, 0.25) is 0 Å². The van der Waals surface area contributed by atoms with Gasteiger partial charge in [-0.05, 0) is 127 Å². The molecule has 0 unspecified atom stereocenters. The molecule has 2 saturated heterocycles. The predicted molar refractivity (Wildman–Crippen MR) is 193 cm³/mol. The normalized spacial score (nSPS) is 19.7. The largest absolute Gasteiger partial charge is 0.381 e. The van der Waals surface area contributed by atoms with Crippen LogP contribution >= 0.6 is 22.6 Å². The van der Waals surface area contributed by atoms with E-state index < -0.39 is 11.6 Å². The van der Waals surface area contributed by atoms with Gasteiger partial charge in [0.2, 0.25) is 11.8 Å². The summed E-state index contributed by atoms with van der Waals surface area (Å²) in [6, 6.07) is 20.8. The van der Waals surface area contributed by atoms with E-state index in [2.05, 4.69) is 49.5 Å². The molecule has 0 aromatic heterocycles. The van der Waals surface area contributed by atoms with Gasteiger partial charge in [0.1, 0.15) is 11.6 Å². The third-order valence-corrected chi connectivity index (χ3v) is 11.0. The number of amides is 3. The maximum Gasteiger partial charge on any atom is 0.252 e. The molecule has 1 aliphatic carbocycles. The summed E-state index contributed by atoms with van der Waals surface area (Å²) in [7, 11) is 0. The Kier molecular flexibility index (Phi) is 11.5. The molecule has 3 aliphatic rings. The van der Waals surface area contributed by atoms with Crippen molar-refractivity contribution < 1.29 is 19.1 Å². The number of hydrogen-bond acceptors (Lipinski definition) is 5. The molecule has 0 radical (unpaired) electrons. The van der Waals surface area contributed by atoms with Gasteiger partial charge in [-0.1, -0.05) is 55.3 Å². The predicted octanol–water partition coefficient (Wildman–Crippen LogP) is 5.47. The monoisotopic (exact) mass is 750 g/mol. The van der Waals surface area contributed by atoms with Gasteiger partial charge in [-0.2, -0.15) is 0 Å². The highest BCUT2D eigenvalue weighted by Crippen LogP contribution is 2.31. The number of piperidine rings is 1. The first-order chi connectivity index (χ1) is 22.9. The minimum absolute atomic E-state index is 0.171. The molecule has 2 heterocycles. The van der Waals surface area contributed by atoms with E-state index in [9.17, 15) is 14.4 Å². The van der Waals surface area contributed by atoms with Crippen molar-refractivity contribution in [2.24, 2.45) is 11.8 Å². The van der Waals surface area contributed by atoms with E-state index in [1.54, 1.807) is 0 Å². The molecule has 1 atom stereocenters. The van der Waals surface area contributed by atoms with E-state index in [4.69, 9.17) is 4.74 Å². The molecular formula is C38H47IN4O4. The van der Waals surface area contributed by atoms with Gasteiger partial charge in [0, 0.05) is 41.9 Å². The van der Waals surface area contributed by atoms with E-state index >= 15 is 0 Å². The molecule has 1 saturated carbocycles. The van der Waals surface area contributed by atoms with E-state index in [-0.39, 0.29) is 17.7 Å². The second kappa shape index (κ2) is 15.9. The van der Waals surface area contributed by atoms with Crippen molar-refractivity contribution in [3.8, 4) is 0 Å². The first-order valence-electron chi connectivity index (χ1n) is 17.3. The zero-order valence-electron chi connectivity index (χ0n) is 27.1. The fourth-order valence-corrected chi connectivity index (χ4v) is 7.94. The summed E-state index contributed by atoms with van der Waals surface area (Å²) >= 11 is 2.28.